The normalized spacial score (nSPS) is 25.3. The quantitative estimate of drug-likeness (QED) is 0.852. The molecule has 0 saturated heterocycles. The first-order valence-corrected chi connectivity index (χ1v) is 7.83. The van der Waals surface area contributed by atoms with Gasteiger partial charge in [0, 0.05) is 6.04 Å². The van der Waals surface area contributed by atoms with E-state index in [9.17, 15) is 0 Å². The molecule has 2 rings (SSSR count). The summed E-state index contributed by atoms with van der Waals surface area (Å²) in [5.41, 5.74) is 4.31. The summed E-state index contributed by atoms with van der Waals surface area (Å²) < 4.78 is 0. The highest BCUT2D eigenvalue weighted by atomic mass is 14.9. The molecule has 0 heterocycles. The highest BCUT2D eigenvalue weighted by molar-refractivity contribution is 5.30. The lowest BCUT2D eigenvalue weighted by atomic mass is 9.77. The largest absolute Gasteiger partial charge is 0.316 e. The number of likely N-dealkylation sites (N-methyl/N-ethyl adjacent to an activating group) is 1. The van der Waals surface area contributed by atoms with E-state index in [0.717, 1.165) is 11.8 Å². The molecule has 1 unspecified atom stereocenters. The maximum absolute atomic E-state index is 3.57. The van der Waals surface area contributed by atoms with Gasteiger partial charge in [0.05, 0.1) is 0 Å². The third-order valence-corrected chi connectivity index (χ3v) is 5.03. The zero-order valence-corrected chi connectivity index (χ0v) is 13.0. The van der Waals surface area contributed by atoms with E-state index >= 15 is 0 Å². The minimum atomic E-state index is 0.648. The Morgan fingerprint density at radius 1 is 1.11 bits per heavy atom. The number of nitrogens with one attached hydrogen (secondary N) is 1. The molecule has 1 heteroatoms. The van der Waals surface area contributed by atoms with Crippen LogP contribution in [0.2, 0.25) is 0 Å². The highest BCUT2D eigenvalue weighted by Gasteiger charge is 2.25. The van der Waals surface area contributed by atoms with Gasteiger partial charge in [0.2, 0.25) is 0 Å². The van der Waals surface area contributed by atoms with Crippen LogP contribution in [0.15, 0.2) is 18.2 Å². The lowest BCUT2D eigenvalue weighted by molar-refractivity contribution is 0.235. The number of benzene rings is 1. The van der Waals surface area contributed by atoms with Crippen molar-refractivity contribution in [3.05, 3.63) is 34.9 Å². The van der Waals surface area contributed by atoms with Crippen molar-refractivity contribution in [2.24, 2.45) is 11.8 Å². The molecule has 106 valence electrons. The number of aryl methyl sites for hydroxylation is 2. The van der Waals surface area contributed by atoms with E-state index < -0.39 is 0 Å². The SMILES string of the molecule is CNC(Cc1ccc(C)c(C)c1)C1CCC(C)CC1. The summed E-state index contributed by atoms with van der Waals surface area (Å²) in [7, 11) is 2.13. The fraction of sp³-hybridized carbons (Fsp3) is 0.667. The molecule has 0 radical (unpaired) electrons. The van der Waals surface area contributed by atoms with Crippen molar-refractivity contribution in [1.82, 2.24) is 5.32 Å². The number of hydrogen-bond acceptors (Lipinski definition) is 1. The molecule has 1 nitrogen and oxygen atoms in total. The molecule has 1 fully saturated rings. The van der Waals surface area contributed by atoms with Crippen LogP contribution in [0.3, 0.4) is 0 Å². The molecule has 0 amide bonds. The molecule has 1 aromatic carbocycles. The average Bonchev–Trinajstić information content (AvgIpc) is 2.41. The molecular formula is C18H29N. The summed E-state index contributed by atoms with van der Waals surface area (Å²) in [5, 5.41) is 3.57. The van der Waals surface area contributed by atoms with Crippen molar-refractivity contribution in [2.45, 2.75) is 58.9 Å². The summed E-state index contributed by atoms with van der Waals surface area (Å²) >= 11 is 0. The first-order chi connectivity index (χ1) is 9.10. The number of rotatable bonds is 4. The molecule has 1 aromatic rings. The van der Waals surface area contributed by atoms with Gasteiger partial charge in [-0.05, 0) is 68.7 Å². The lowest BCUT2D eigenvalue weighted by Crippen LogP contribution is -2.37. The first-order valence-electron chi connectivity index (χ1n) is 7.83. The molecule has 1 aliphatic carbocycles. The topological polar surface area (TPSA) is 12.0 Å². The standard InChI is InChI=1S/C18H29N/c1-13-5-9-17(10-6-13)18(19-4)12-16-8-7-14(2)15(3)11-16/h7-8,11,13,17-19H,5-6,9-10,12H2,1-4H3. The van der Waals surface area contributed by atoms with Crippen molar-refractivity contribution < 1.29 is 0 Å². The van der Waals surface area contributed by atoms with Gasteiger partial charge >= 0.3 is 0 Å². The van der Waals surface area contributed by atoms with Crippen molar-refractivity contribution in [3.63, 3.8) is 0 Å². The minimum Gasteiger partial charge on any atom is -0.316 e. The zero-order chi connectivity index (χ0) is 13.8. The minimum absolute atomic E-state index is 0.648. The summed E-state index contributed by atoms with van der Waals surface area (Å²) in [4.78, 5) is 0. The van der Waals surface area contributed by atoms with Crippen LogP contribution in [0, 0.1) is 25.7 Å². The molecular weight excluding hydrogens is 230 g/mol. The average molecular weight is 259 g/mol. The molecule has 0 aliphatic heterocycles. The maximum atomic E-state index is 3.57. The van der Waals surface area contributed by atoms with E-state index in [4.69, 9.17) is 0 Å². The number of hydrogen-bond donors (Lipinski definition) is 1. The molecule has 19 heavy (non-hydrogen) atoms. The Hall–Kier alpha value is -0.820. The van der Waals surface area contributed by atoms with E-state index in [1.807, 2.05) is 0 Å². The van der Waals surface area contributed by atoms with Crippen LogP contribution >= 0.6 is 0 Å². The molecule has 1 aliphatic rings. The van der Waals surface area contributed by atoms with Gasteiger partial charge in [-0.2, -0.15) is 0 Å². The Bertz CT molecular complexity index is 402. The molecule has 1 atom stereocenters. The Kier molecular flexibility index (Phi) is 5.04. The monoisotopic (exact) mass is 259 g/mol. The third-order valence-electron chi connectivity index (χ3n) is 5.03. The Balaban J connectivity index is 2.00. The van der Waals surface area contributed by atoms with Crippen LogP contribution in [0.4, 0.5) is 0 Å². The van der Waals surface area contributed by atoms with Crippen LogP contribution in [0.5, 0.6) is 0 Å². The zero-order valence-electron chi connectivity index (χ0n) is 13.0. The first kappa shape index (κ1) is 14.6. The van der Waals surface area contributed by atoms with E-state index in [0.29, 0.717) is 6.04 Å². The Labute approximate surface area is 118 Å². The van der Waals surface area contributed by atoms with Gasteiger partial charge in [0.1, 0.15) is 0 Å². The van der Waals surface area contributed by atoms with E-state index in [2.05, 4.69) is 51.3 Å². The fourth-order valence-electron chi connectivity index (χ4n) is 3.38. The predicted molar refractivity (Wildman–Crippen MR) is 83.6 cm³/mol. The smallest absolute Gasteiger partial charge is 0.0133 e. The second-order valence-corrected chi connectivity index (χ2v) is 6.54. The summed E-state index contributed by atoms with van der Waals surface area (Å²) in [6.07, 6.45) is 6.80. The summed E-state index contributed by atoms with van der Waals surface area (Å²) in [6.45, 7) is 6.81. The van der Waals surface area contributed by atoms with Crippen LogP contribution in [0.25, 0.3) is 0 Å². The van der Waals surface area contributed by atoms with Crippen LogP contribution < -0.4 is 5.32 Å². The molecule has 0 aromatic heterocycles. The molecule has 0 bridgehead atoms. The van der Waals surface area contributed by atoms with Gasteiger partial charge < -0.3 is 5.32 Å². The van der Waals surface area contributed by atoms with Gasteiger partial charge in [-0.1, -0.05) is 38.0 Å². The predicted octanol–water partition coefficient (Wildman–Crippen LogP) is 4.26. The second-order valence-electron chi connectivity index (χ2n) is 6.54. The van der Waals surface area contributed by atoms with E-state index in [1.54, 1.807) is 0 Å². The van der Waals surface area contributed by atoms with Gasteiger partial charge in [-0.25, -0.2) is 0 Å². The fourth-order valence-corrected chi connectivity index (χ4v) is 3.38. The molecule has 1 saturated carbocycles. The maximum Gasteiger partial charge on any atom is 0.0133 e. The van der Waals surface area contributed by atoms with Gasteiger partial charge in [-0.15, -0.1) is 0 Å². The van der Waals surface area contributed by atoms with Gasteiger partial charge in [-0.3, -0.25) is 0 Å². The van der Waals surface area contributed by atoms with Crippen molar-refractivity contribution in [1.29, 1.82) is 0 Å². The van der Waals surface area contributed by atoms with Crippen molar-refractivity contribution in [2.75, 3.05) is 7.05 Å². The van der Waals surface area contributed by atoms with E-state index in [-0.39, 0.29) is 0 Å². The lowest BCUT2D eigenvalue weighted by Gasteiger charge is -2.32. The van der Waals surface area contributed by atoms with Crippen LogP contribution in [-0.2, 0) is 6.42 Å². The molecule has 0 spiro atoms. The summed E-state index contributed by atoms with van der Waals surface area (Å²) in [6, 6.07) is 7.58. The Morgan fingerprint density at radius 3 is 2.37 bits per heavy atom. The van der Waals surface area contributed by atoms with Crippen molar-refractivity contribution in [3.8, 4) is 0 Å². The van der Waals surface area contributed by atoms with Crippen LogP contribution in [0.1, 0.15) is 49.3 Å². The Morgan fingerprint density at radius 2 is 1.79 bits per heavy atom. The van der Waals surface area contributed by atoms with E-state index in [1.165, 1.54) is 48.8 Å². The van der Waals surface area contributed by atoms with Gasteiger partial charge in [0.25, 0.3) is 0 Å². The highest BCUT2D eigenvalue weighted by Crippen LogP contribution is 2.31. The van der Waals surface area contributed by atoms with Gasteiger partial charge in [0.15, 0.2) is 0 Å². The second kappa shape index (κ2) is 6.56. The van der Waals surface area contributed by atoms with Crippen LogP contribution in [-0.4, -0.2) is 13.1 Å². The molecule has 1 N–H and O–H groups in total. The summed E-state index contributed by atoms with van der Waals surface area (Å²) in [5.74, 6) is 1.80. The third kappa shape index (κ3) is 3.82. The van der Waals surface area contributed by atoms with Crippen molar-refractivity contribution >= 4 is 0 Å².